The summed E-state index contributed by atoms with van der Waals surface area (Å²) in [4.78, 5) is 0. The average Bonchev–Trinajstić information content (AvgIpc) is 2.81. The highest BCUT2D eigenvalue weighted by Gasteiger charge is 2.39. The fourth-order valence-electron chi connectivity index (χ4n) is 7.55. The van der Waals surface area contributed by atoms with Crippen LogP contribution in [0, 0.1) is 41.2 Å². The number of hydrogen-bond donors (Lipinski definition) is 0. The molecule has 0 N–H and O–H groups in total. The van der Waals surface area contributed by atoms with Crippen LogP contribution >= 0.6 is 0 Å². The molecule has 0 amide bonds. The van der Waals surface area contributed by atoms with Gasteiger partial charge in [-0.3, -0.25) is 0 Å². The van der Waals surface area contributed by atoms with E-state index < -0.39 is 11.6 Å². The minimum absolute atomic E-state index is 0.409. The Hall–Kier alpha value is -1.44. The van der Waals surface area contributed by atoms with Gasteiger partial charge in [-0.05, 0) is 104 Å². The smallest absolute Gasteiger partial charge is 0.166 e. The summed E-state index contributed by atoms with van der Waals surface area (Å²) in [6, 6.07) is 8.94. The standard InChI is InChI=1S/C29H38F2/c1-2-3-19-4-6-20(7-5-19)21-8-9-23-17-24(11-10-22(23)16-21)25-12-14-27-26(18-25)13-15-28(30)29(27)31/h12-15,18-24H,2-11,16-17H2,1H3/t19?,20?,21?,22-,23?,24-/m1/s1. The molecular formula is C29H38F2. The van der Waals surface area contributed by atoms with Crippen LogP contribution in [0.15, 0.2) is 30.3 Å². The summed E-state index contributed by atoms with van der Waals surface area (Å²) < 4.78 is 27.6. The topological polar surface area (TPSA) is 0 Å². The summed E-state index contributed by atoms with van der Waals surface area (Å²) in [6.45, 7) is 2.33. The fourth-order valence-corrected chi connectivity index (χ4v) is 7.55. The molecule has 2 unspecified atom stereocenters. The molecule has 3 saturated carbocycles. The summed E-state index contributed by atoms with van der Waals surface area (Å²) in [6.07, 6.45) is 17.0. The fraction of sp³-hybridized carbons (Fsp3) is 0.655. The molecule has 0 aromatic heterocycles. The third-order valence-corrected chi connectivity index (χ3v) is 9.31. The summed E-state index contributed by atoms with van der Waals surface area (Å²) in [5.41, 5.74) is 1.33. The lowest BCUT2D eigenvalue weighted by molar-refractivity contribution is 0.0712. The van der Waals surface area contributed by atoms with Gasteiger partial charge in [0.2, 0.25) is 0 Å². The molecule has 0 nitrogen and oxygen atoms in total. The second-order valence-corrected chi connectivity index (χ2v) is 11.0. The first-order valence-corrected chi connectivity index (χ1v) is 13.0. The van der Waals surface area contributed by atoms with E-state index in [-0.39, 0.29) is 0 Å². The molecule has 4 atom stereocenters. The SMILES string of the molecule is CCCC1CCC(C2CCC3C[C@H](c4ccc5c(F)c(F)ccc5c4)CC[C@@H]3C2)CC1. The van der Waals surface area contributed by atoms with E-state index in [1.807, 2.05) is 0 Å². The lowest BCUT2D eigenvalue weighted by Gasteiger charge is -2.45. The van der Waals surface area contributed by atoms with Crippen LogP contribution in [0.2, 0.25) is 0 Å². The average molecular weight is 425 g/mol. The predicted molar refractivity (Wildman–Crippen MR) is 125 cm³/mol. The van der Waals surface area contributed by atoms with Crippen LogP contribution in [-0.2, 0) is 0 Å². The van der Waals surface area contributed by atoms with Crippen LogP contribution in [0.1, 0.15) is 95.5 Å². The Bertz CT molecular complexity index is 895. The molecule has 0 radical (unpaired) electrons. The van der Waals surface area contributed by atoms with Crippen molar-refractivity contribution in [3.05, 3.63) is 47.5 Å². The highest BCUT2D eigenvalue weighted by molar-refractivity contribution is 5.84. The monoisotopic (exact) mass is 424 g/mol. The maximum absolute atomic E-state index is 14.1. The Balaban J connectivity index is 1.20. The van der Waals surface area contributed by atoms with Crippen molar-refractivity contribution in [1.29, 1.82) is 0 Å². The lowest BCUT2D eigenvalue weighted by Crippen LogP contribution is -2.34. The molecule has 5 rings (SSSR count). The van der Waals surface area contributed by atoms with Gasteiger partial charge in [-0.25, -0.2) is 8.78 Å². The first-order valence-electron chi connectivity index (χ1n) is 13.0. The zero-order valence-corrected chi connectivity index (χ0v) is 19.1. The Morgan fingerprint density at radius 2 is 1.42 bits per heavy atom. The number of rotatable bonds is 4. The van der Waals surface area contributed by atoms with Crippen molar-refractivity contribution >= 4 is 10.8 Å². The van der Waals surface area contributed by atoms with Gasteiger partial charge in [0.25, 0.3) is 0 Å². The number of benzene rings is 2. The molecule has 0 spiro atoms. The van der Waals surface area contributed by atoms with E-state index >= 15 is 0 Å². The molecule has 2 aromatic carbocycles. The third-order valence-electron chi connectivity index (χ3n) is 9.31. The van der Waals surface area contributed by atoms with Crippen molar-refractivity contribution in [2.75, 3.05) is 0 Å². The number of fused-ring (bicyclic) bond motifs is 2. The van der Waals surface area contributed by atoms with Gasteiger partial charge in [-0.1, -0.05) is 56.9 Å². The van der Waals surface area contributed by atoms with E-state index in [9.17, 15) is 8.78 Å². The van der Waals surface area contributed by atoms with Crippen LogP contribution in [-0.4, -0.2) is 0 Å². The van der Waals surface area contributed by atoms with Crippen LogP contribution < -0.4 is 0 Å². The Labute approximate surface area is 186 Å². The van der Waals surface area contributed by atoms with Crippen molar-refractivity contribution in [2.45, 2.75) is 89.9 Å². The largest absolute Gasteiger partial charge is 0.204 e. The molecule has 3 aliphatic carbocycles. The summed E-state index contributed by atoms with van der Waals surface area (Å²) >= 11 is 0. The van der Waals surface area contributed by atoms with Gasteiger partial charge >= 0.3 is 0 Å². The molecule has 2 aromatic rings. The van der Waals surface area contributed by atoms with Gasteiger partial charge in [0.15, 0.2) is 11.6 Å². The maximum Gasteiger partial charge on any atom is 0.166 e. The second-order valence-electron chi connectivity index (χ2n) is 11.0. The van der Waals surface area contributed by atoms with E-state index in [4.69, 9.17) is 0 Å². The van der Waals surface area contributed by atoms with E-state index in [0.29, 0.717) is 11.3 Å². The molecule has 31 heavy (non-hydrogen) atoms. The number of halogens is 2. The Morgan fingerprint density at radius 1 is 0.742 bits per heavy atom. The second kappa shape index (κ2) is 9.20. The van der Waals surface area contributed by atoms with Gasteiger partial charge in [-0.2, -0.15) is 0 Å². The van der Waals surface area contributed by atoms with Gasteiger partial charge in [-0.15, -0.1) is 0 Å². The first kappa shape index (κ1) is 21.4. The zero-order valence-electron chi connectivity index (χ0n) is 19.1. The van der Waals surface area contributed by atoms with E-state index in [0.717, 1.165) is 35.0 Å². The van der Waals surface area contributed by atoms with Crippen LogP contribution in [0.25, 0.3) is 10.8 Å². The normalized spacial score (nSPS) is 33.9. The molecule has 0 bridgehead atoms. The molecule has 2 heteroatoms. The maximum atomic E-state index is 14.1. The highest BCUT2D eigenvalue weighted by Crippen LogP contribution is 2.51. The highest BCUT2D eigenvalue weighted by atomic mass is 19.2. The lowest BCUT2D eigenvalue weighted by atomic mass is 9.60. The van der Waals surface area contributed by atoms with Crippen LogP contribution in [0.5, 0.6) is 0 Å². The minimum atomic E-state index is -0.753. The van der Waals surface area contributed by atoms with Crippen molar-refractivity contribution in [3.8, 4) is 0 Å². The Morgan fingerprint density at radius 3 is 2.19 bits per heavy atom. The van der Waals surface area contributed by atoms with Gasteiger partial charge < -0.3 is 0 Å². The Kier molecular flexibility index (Phi) is 6.35. The molecule has 0 aliphatic heterocycles. The van der Waals surface area contributed by atoms with Crippen molar-refractivity contribution in [2.24, 2.45) is 29.6 Å². The van der Waals surface area contributed by atoms with Gasteiger partial charge in [0.05, 0.1) is 0 Å². The van der Waals surface area contributed by atoms with E-state index in [1.54, 1.807) is 12.1 Å². The number of hydrogen-bond acceptors (Lipinski definition) is 0. The summed E-state index contributed by atoms with van der Waals surface area (Å²) in [7, 11) is 0. The van der Waals surface area contributed by atoms with Gasteiger partial charge in [0.1, 0.15) is 0 Å². The van der Waals surface area contributed by atoms with Crippen molar-refractivity contribution < 1.29 is 8.78 Å². The van der Waals surface area contributed by atoms with Crippen molar-refractivity contribution in [1.82, 2.24) is 0 Å². The van der Waals surface area contributed by atoms with E-state index in [1.165, 1.54) is 88.7 Å². The first-order chi connectivity index (χ1) is 15.1. The van der Waals surface area contributed by atoms with E-state index in [2.05, 4.69) is 19.1 Å². The molecule has 0 saturated heterocycles. The van der Waals surface area contributed by atoms with Gasteiger partial charge in [0, 0.05) is 5.39 Å². The third kappa shape index (κ3) is 4.41. The molecular weight excluding hydrogens is 386 g/mol. The van der Waals surface area contributed by atoms with Crippen molar-refractivity contribution in [3.63, 3.8) is 0 Å². The minimum Gasteiger partial charge on any atom is -0.204 e. The predicted octanol–water partition coefficient (Wildman–Crippen LogP) is 9.02. The molecule has 168 valence electrons. The van der Waals surface area contributed by atoms with Crippen LogP contribution in [0.4, 0.5) is 8.78 Å². The van der Waals surface area contributed by atoms with Crippen LogP contribution in [0.3, 0.4) is 0 Å². The molecule has 3 fully saturated rings. The molecule has 3 aliphatic rings. The molecule has 0 heterocycles. The summed E-state index contributed by atoms with van der Waals surface area (Å²) in [5.74, 6) is 3.91. The summed E-state index contributed by atoms with van der Waals surface area (Å²) in [5, 5.41) is 1.24. The zero-order chi connectivity index (χ0) is 21.4. The quantitative estimate of drug-likeness (QED) is 0.459.